The number of hydrogen-bond acceptors (Lipinski definition) is 3. The predicted molar refractivity (Wildman–Crippen MR) is 144 cm³/mol. The standard InChI is InChI=1S/C19H21ClN4OS.4CH4.H2S/c1-12-9-16-15(18(23(2)22-16)17-7-4-8-26-17)11-24(12)19(25)21-14-6-3-5-13(20)10-14;;;;;/h3-8,10,12,15-16,22H,9,11H2,1-2H3;4*1H4;1H2/p+1/t12-,15?,16?;;;;;/m0...../s1. The molecule has 0 bridgehead atoms. The van der Waals surface area contributed by atoms with Gasteiger partial charge in [0.2, 0.25) is 5.71 Å². The van der Waals surface area contributed by atoms with Gasteiger partial charge in [-0.1, -0.05) is 53.4 Å². The van der Waals surface area contributed by atoms with Crippen LogP contribution in [0.15, 0.2) is 41.8 Å². The lowest BCUT2D eigenvalue weighted by atomic mass is 9.86. The highest BCUT2D eigenvalue weighted by molar-refractivity contribution is 7.59. The molecule has 2 aliphatic rings. The molecule has 4 rings (SSSR count). The molecule has 2 unspecified atom stereocenters. The van der Waals surface area contributed by atoms with Crippen LogP contribution in [-0.2, 0) is 0 Å². The largest absolute Gasteiger partial charge is 0.322 e. The van der Waals surface area contributed by atoms with Crippen LogP contribution in [-0.4, -0.2) is 47.0 Å². The van der Waals surface area contributed by atoms with Crippen LogP contribution in [0.3, 0.4) is 0 Å². The molecule has 3 atom stereocenters. The van der Waals surface area contributed by atoms with Crippen molar-refractivity contribution in [3.8, 4) is 0 Å². The topological polar surface area (TPSA) is 47.4 Å². The number of fused-ring (bicyclic) bond motifs is 1. The van der Waals surface area contributed by atoms with Crippen molar-refractivity contribution in [3.63, 3.8) is 0 Å². The molecule has 176 valence electrons. The van der Waals surface area contributed by atoms with E-state index in [4.69, 9.17) is 11.6 Å². The number of nitrogens with zero attached hydrogens (tertiary/aromatic N) is 2. The van der Waals surface area contributed by atoms with Gasteiger partial charge in [0.15, 0.2) is 7.05 Å². The number of piperidine rings is 1. The fourth-order valence-electron chi connectivity index (χ4n) is 3.98. The summed E-state index contributed by atoms with van der Waals surface area (Å²) in [4.78, 5) is 16.1. The van der Waals surface area contributed by atoms with Gasteiger partial charge in [-0.2, -0.15) is 18.9 Å². The minimum Gasteiger partial charge on any atom is -0.321 e. The third-order valence-electron chi connectivity index (χ3n) is 5.19. The van der Waals surface area contributed by atoms with Crippen LogP contribution in [0.2, 0.25) is 5.02 Å². The maximum atomic E-state index is 12.9. The Balaban J connectivity index is 0. The van der Waals surface area contributed by atoms with Gasteiger partial charge in [-0.05, 0) is 43.0 Å². The summed E-state index contributed by atoms with van der Waals surface area (Å²) in [6.45, 7) is 2.81. The zero-order valence-corrected chi connectivity index (χ0v) is 17.8. The molecule has 0 radical (unpaired) electrons. The molecule has 0 spiro atoms. The van der Waals surface area contributed by atoms with Gasteiger partial charge < -0.3 is 10.2 Å². The van der Waals surface area contributed by atoms with E-state index in [0.717, 1.165) is 12.1 Å². The number of hydrazine groups is 1. The van der Waals surface area contributed by atoms with E-state index < -0.39 is 0 Å². The molecule has 1 aromatic heterocycles. The normalized spacial score (nSPS) is 21.0. The van der Waals surface area contributed by atoms with E-state index in [9.17, 15) is 4.79 Å². The van der Waals surface area contributed by atoms with E-state index in [1.54, 1.807) is 23.5 Å². The summed E-state index contributed by atoms with van der Waals surface area (Å²) < 4.78 is 2.13. The van der Waals surface area contributed by atoms with Gasteiger partial charge in [0.1, 0.15) is 0 Å². The summed E-state index contributed by atoms with van der Waals surface area (Å²) in [5, 5.41) is 5.70. The first-order valence-electron chi connectivity index (χ1n) is 8.76. The number of carbonyl (C=O) groups is 1. The predicted octanol–water partition coefficient (Wildman–Crippen LogP) is 6.32. The van der Waals surface area contributed by atoms with Gasteiger partial charge in [0.05, 0.1) is 16.8 Å². The van der Waals surface area contributed by atoms with Crippen LogP contribution in [0.25, 0.3) is 0 Å². The molecule has 2 N–H and O–H groups in total. The van der Waals surface area contributed by atoms with Crippen molar-refractivity contribution < 1.29 is 9.48 Å². The van der Waals surface area contributed by atoms with E-state index in [1.807, 2.05) is 17.0 Å². The lowest BCUT2D eigenvalue weighted by Gasteiger charge is -2.38. The van der Waals surface area contributed by atoms with Crippen LogP contribution >= 0.6 is 36.4 Å². The fourth-order valence-corrected chi connectivity index (χ4v) is 5.04. The van der Waals surface area contributed by atoms with Crippen molar-refractivity contribution in [3.05, 3.63) is 51.7 Å². The Morgan fingerprint density at radius 3 is 2.55 bits per heavy atom. The average Bonchev–Trinajstić information content (AvgIpc) is 3.20. The van der Waals surface area contributed by atoms with Gasteiger partial charge in [0, 0.05) is 23.3 Å². The van der Waals surface area contributed by atoms with Crippen LogP contribution in [0.1, 0.15) is 47.9 Å². The van der Waals surface area contributed by atoms with E-state index in [0.29, 0.717) is 23.5 Å². The maximum absolute atomic E-state index is 12.9. The number of anilines is 1. The van der Waals surface area contributed by atoms with Crippen LogP contribution in [0.4, 0.5) is 10.5 Å². The van der Waals surface area contributed by atoms with Gasteiger partial charge >= 0.3 is 6.03 Å². The zero-order valence-electron chi connectivity index (χ0n) is 15.3. The van der Waals surface area contributed by atoms with E-state index in [2.05, 4.69) is 46.9 Å². The molecule has 2 amide bonds. The van der Waals surface area contributed by atoms with Crippen molar-refractivity contribution in [2.24, 2.45) is 5.92 Å². The smallest absolute Gasteiger partial charge is 0.321 e. The number of likely N-dealkylation sites (tertiary alicyclic amines) is 1. The van der Waals surface area contributed by atoms with Crippen LogP contribution in [0.5, 0.6) is 0 Å². The lowest BCUT2D eigenvalue weighted by Crippen LogP contribution is -2.54. The third-order valence-corrected chi connectivity index (χ3v) is 6.32. The first kappa shape index (κ1) is 31.5. The first-order chi connectivity index (χ1) is 12.5. The fraction of sp³-hybridized carbons (Fsp3) is 0.478. The molecular formula is C23H40ClN4OS2+. The minimum absolute atomic E-state index is 0. The zero-order chi connectivity index (χ0) is 18.3. The number of carbonyl (C=O) groups excluding carboxylic acids is 1. The summed E-state index contributed by atoms with van der Waals surface area (Å²) >= 11 is 7.77. The van der Waals surface area contributed by atoms with E-state index in [1.165, 1.54) is 10.6 Å². The Morgan fingerprint density at radius 2 is 1.94 bits per heavy atom. The molecule has 2 aromatic rings. The SMILES string of the molecule is C.C.C.C.C[C@H]1CC2N[N+](C)=C(c3cccs3)C2CN1C(=O)Nc1cccc(Cl)c1.S. The van der Waals surface area contributed by atoms with Crippen molar-refractivity contribution in [2.45, 2.75) is 55.1 Å². The number of thiophene rings is 1. The number of hydrogen-bond donors (Lipinski definition) is 2. The van der Waals surface area contributed by atoms with Gasteiger partial charge in [-0.3, -0.25) is 0 Å². The number of hydrazone groups is 1. The first-order valence-corrected chi connectivity index (χ1v) is 10.0. The molecule has 3 heterocycles. The molecule has 1 aromatic carbocycles. The molecule has 0 saturated carbocycles. The van der Waals surface area contributed by atoms with E-state index >= 15 is 0 Å². The lowest BCUT2D eigenvalue weighted by molar-refractivity contribution is -0.555. The summed E-state index contributed by atoms with van der Waals surface area (Å²) in [7, 11) is 2.06. The highest BCUT2D eigenvalue weighted by atomic mass is 35.5. The Bertz CT molecular complexity index is 857. The quantitative estimate of drug-likeness (QED) is 0.487. The highest BCUT2D eigenvalue weighted by Crippen LogP contribution is 2.31. The van der Waals surface area contributed by atoms with Gasteiger partial charge in [-0.25, -0.2) is 4.79 Å². The second-order valence-corrected chi connectivity index (χ2v) is 8.33. The third kappa shape index (κ3) is 6.40. The Labute approximate surface area is 204 Å². The Kier molecular flexibility index (Phi) is 13.2. The highest BCUT2D eigenvalue weighted by Gasteiger charge is 2.48. The second-order valence-electron chi connectivity index (χ2n) is 6.94. The van der Waals surface area contributed by atoms with Crippen LogP contribution in [0, 0.1) is 5.92 Å². The number of benzene rings is 1. The van der Waals surface area contributed by atoms with Crippen LogP contribution < -0.4 is 10.7 Å². The molecule has 1 fully saturated rings. The summed E-state index contributed by atoms with van der Waals surface area (Å²) in [6, 6.07) is 11.9. The molecule has 0 aliphatic carbocycles. The summed E-state index contributed by atoms with van der Waals surface area (Å²) in [5.74, 6) is 0.292. The average molecular weight is 488 g/mol. The van der Waals surface area contributed by atoms with Gasteiger partial charge in [0.25, 0.3) is 0 Å². The number of rotatable bonds is 2. The monoisotopic (exact) mass is 487 g/mol. The number of urea groups is 1. The molecular weight excluding hydrogens is 448 g/mol. The van der Waals surface area contributed by atoms with Crippen molar-refractivity contribution in [1.29, 1.82) is 0 Å². The van der Waals surface area contributed by atoms with Gasteiger partial charge in [-0.15, -0.1) is 16.0 Å². The number of nitrogens with one attached hydrogen (secondary N) is 2. The Morgan fingerprint density at radius 1 is 1.23 bits per heavy atom. The molecule has 1 saturated heterocycles. The molecule has 5 nitrogen and oxygen atoms in total. The molecule has 8 heteroatoms. The Hall–Kier alpha value is -1.70. The number of halogens is 1. The second kappa shape index (κ2) is 13.0. The molecule has 2 aliphatic heterocycles. The summed E-state index contributed by atoms with van der Waals surface area (Å²) in [5.41, 5.74) is 5.57. The summed E-state index contributed by atoms with van der Waals surface area (Å²) in [6.07, 6.45) is 0.923. The van der Waals surface area contributed by atoms with Crippen molar-refractivity contribution >= 4 is 53.9 Å². The van der Waals surface area contributed by atoms with E-state index in [-0.39, 0.29) is 55.3 Å². The minimum atomic E-state index is -0.0710. The van der Waals surface area contributed by atoms with Crippen molar-refractivity contribution in [2.75, 3.05) is 18.9 Å². The van der Waals surface area contributed by atoms with Crippen molar-refractivity contribution in [1.82, 2.24) is 10.3 Å². The molecule has 31 heavy (non-hydrogen) atoms. The maximum Gasteiger partial charge on any atom is 0.322 e. The number of amides is 2.